The summed E-state index contributed by atoms with van der Waals surface area (Å²) in [7, 11) is 0. The largest absolute Gasteiger partial charge is 0.309 e. The number of benzene rings is 7. The van der Waals surface area contributed by atoms with Gasteiger partial charge < -0.3 is 4.57 Å². The molecule has 0 radical (unpaired) electrons. The lowest BCUT2D eigenvalue weighted by Crippen LogP contribution is -1.97. The molecule has 0 fully saturated rings. The Hall–Kier alpha value is -7.54. The van der Waals surface area contributed by atoms with Crippen LogP contribution in [0.3, 0.4) is 0 Å². The van der Waals surface area contributed by atoms with Crippen molar-refractivity contribution in [2.75, 3.05) is 0 Å². The van der Waals surface area contributed by atoms with Crippen LogP contribution in [-0.2, 0) is 6.42 Å². The highest BCUT2D eigenvalue weighted by Gasteiger charge is 2.18. The molecule has 2 aromatic heterocycles. The molecule has 3 nitrogen and oxygen atoms in total. The van der Waals surface area contributed by atoms with E-state index in [-0.39, 0.29) is 0 Å². The van der Waals surface area contributed by atoms with Gasteiger partial charge in [-0.3, -0.25) is 4.98 Å². The van der Waals surface area contributed by atoms with E-state index < -0.39 is 0 Å². The number of hydrogen-bond acceptors (Lipinski definition) is 2. The second kappa shape index (κ2) is 13.7. The van der Waals surface area contributed by atoms with Crippen molar-refractivity contribution in [1.29, 1.82) is 5.26 Å². The van der Waals surface area contributed by atoms with Gasteiger partial charge in [0.15, 0.2) is 0 Å². The van der Waals surface area contributed by atoms with Crippen LogP contribution in [0, 0.1) is 11.3 Å². The van der Waals surface area contributed by atoms with Crippen LogP contribution in [0.4, 0.5) is 0 Å². The van der Waals surface area contributed by atoms with Gasteiger partial charge in [0.25, 0.3) is 0 Å². The molecule has 0 unspecified atom stereocenters. The highest BCUT2D eigenvalue weighted by Crippen LogP contribution is 2.40. The summed E-state index contributed by atoms with van der Waals surface area (Å²) in [5.74, 6) is 0. The number of hydrogen-bond donors (Lipinski definition) is 0. The highest BCUT2D eigenvalue weighted by atomic mass is 15.0. The van der Waals surface area contributed by atoms with Crippen molar-refractivity contribution in [3.05, 3.63) is 217 Å². The molecule has 3 heteroatoms. The van der Waals surface area contributed by atoms with Crippen molar-refractivity contribution in [1.82, 2.24) is 9.55 Å². The second-order valence-corrected chi connectivity index (χ2v) is 14.3. The van der Waals surface area contributed by atoms with Crippen LogP contribution >= 0.6 is 0 Å². The Kier molecular flexibility index (Phi) is 8.09. The zero-order valence-electron chi connectivity index (χ0n) is 30.7. The molecular weight excluding hydrogens is 679 g/mol. The normalized spacial score (nSPS) is 14.1. The molecule has 10 rings (SSSR count). The van der Waals surface area contributed by atoms with Crippen molar-refractivity contribution < 1.29 is 0 Å². The minimum absolute atomic E-state index is 0.637. The van der Waals surface area contributed by atoms with E-state index in [1.165, 1.54) is 43.8 Å². The molecular formula is C53H35N3. The molecule has 9 aromatic rings. The molecule has 0 saturated carbocycles. The van der Waals surface area contributed by atoms with Crippen molar-refractivity contribution in [2.45, 2.75) is 6.42 Å². The monoisotopic (exact) mass is 713 g/mol. The summed E-state index contributed by atoms with van der Waals surface area (Å²) in [5.41, 5.74) is 13.6. The number of nitrogens with zero attached hydrogens (tertiary/aromatic N) is 3. The lowest BCUT2D eigenvalue weighted by Gasteiger charge is -2.18. The molecule has 0 bridgehead atoms. The standard InChI is InChI=1S/C53H35N3/c1-35-13-4-2-5-15-38-30-50(43-22-12-16-37-14-8-9-19-42(37)43)45-21-11-10-20-44(45)49(38)32-48(35)40-25-28-51(55-34-40)39-24-27-47-46-26-23-36(33-54)29-52(46)56(53(47)31-39)41-17-6-3-7-18-41/h2-14,16-32,34H,1,15H2/b5-2-,13-4-,48-32?. The van der Waals surface area contributed by atoms with Gasteiger partial charge in [-0.1, -0.05) is 140 Å². The molecule has 1 aliphatic rings. The van der Waals surface area contributed by atoms with E-state index in [0.29, 0.717) is 5.56 Å². The molecule has 1 aliphatic carbocycles. The number of allylic oxidation sites excluding steroid dienone is 6. The molecule has 0 N–H and O–H groups in total. The van der Waals surface area contributed by atoms with E-state index in [0.717, 1.165) is 61.9 Å². The smallest absolute Gasteiger partial charge is 0.0992 e. The average molecular weight is 714 g/mol. The average Bonchev–Trinajstić information content (AvgIpc) is 3.58. The maximum atomic E-state index is 9.71. The van der Waals surface area contributed by atoms with Gasteiger partial charge in [-0.2, -0.15) is 5.26 Å². The molecule has 0 atom stereocenters. The number of fused-ring (bicyclic) bond motifs is 7. The lowest BCUT2D eigenvalue weighted by atomic mass is 9.86. The van der Waals surface area contributed by atoms with Gasteiger partial charge >= 0.3 is 0 Å². The number of aromatic nitrogens is 2. The maximum absolute atomic E-state index is 9.71. The Balaban J connectivity index is 1.10. The third-order valence-corrected chi connectivity index (χ3v) is 11.0. The molecule has 0 amide bonds. The Bertz CT molecular complexity index is 3160. The second-order valence-electron chi connectivity index (χ2n) is 14.3. The van der Waals surface area contributed by atoms with Gasteiger partial charge in [0.1, 0.15) is 0 Å². The summed E-state index contributed by atoms with van der Waals surface area (Å²) in [6.07, 6.45) is 13.6. The molecule has 0 aliphatic heterocycles. The Morgan fingerprint density at radius 3 is 2.16 bits per heavy atom. The first-order chi connectivity index (χ1) is 27.6. The van der Waals surface area contributed by atoms with Crippen molar-refractivity contribution in [3.63, 3.8) is 0 Å². The predicted molar refractivity (Wildman–Crippen MR) is 235 cm³/mol. The third-order valence-electron chi connectivity index (χ3n) is 11.0. The van der Waals surface area contributed by atoms with Gasteiger partial charge in [-0.25, -0.2) is 0 Å². The van der Waals surface area contributed by atoms with Crippen LogP contribution in [0.15, 0.2) is 194 Å². The summed E-state index contributed by atoms with van der Waals surface area (Å²) >= 11 is 0. The Morgan fingerprint density at radius 2 is 1.34 bits per heavy atom. The van der Waals surface area contributed by atoms with Crippen LogP contribution in [0.25, 0.3) is 83.1 Å². The number of nitriles is 1. The summed E-state index contributed by atoms with van der Waals surface area (Å²) in [6.45, 7) is 4.54. The molecule has 56 heavy (non-hydrogen) atoms. The third kappa shape index (κ3) is 5.64. The fraction of sp³-hybridized carbons (Fsp3) is 0.0189. The van der Waals surface area contributed by atoms with E-state index in [4.69, 9.17) is 4.98 Å². The van der Waals surface area contributed by atoms with Gasteiger partial charge in [-0.15, -0.1) is 0 Å². The topological polar surface area (TPSA) is 41.6 Å². The molecule has 2 heterocycles. The van der Waals surface area contributed by atoms with Crippen molar-refractivity contribution in [2.24, 2.45) is 0 Å². The summed E-state index contributed by atoms with van der Waals surface area (Å²) in [5, 5.41) is 16.9. The highest BCUT2D eigenvalue weighted by molar-refractivity contribution is 6.11. The molecule has 0 saturated heterocycles. The Labute approximate surface area is 325 Å². The van der Waals surface area contributed by atoms with E-state index in [1.807, 2.05) is 36.5 Å². The first kappa shape index (κ1) is 33.1. The van der Waals surface area contributed by atoms with E-state index in [2.05, 4.69) is 169 Å². The SMILES string of the molecule is C=C1/C=C\C=C/Cc2cc(-c3cccc4ccccc34)c3ccccc3c2C=C1c1ccc(-c2ccc3c4ccc(C#N)cc4n(-c4ccccc4)c3c2)nc1. The van der Waals surface area contributed by atoms with Gasteiger partial charge in [0.05, 0.1) is 28.4 Å². The van der Waals surface area contributed by atoms with Crippen molar-refractivity contribution in [3.8, 4) is 34.1 Å². The maximum Gasteiger partial charge on any atom is 0.0992 e. The summed E-state index contributed by atoms with van der Waals surface area (Å²) in [6, 6.07) is 55.8. The zero-order chi connectivity index (χ0) is 37.6. The van der Waals surface area contributed by atoms with Gasteiger partial charge in [0.2, 0.25) is 0 Å². The first-order valence-corrected chi connectivity index (χ1v) is 18.9. The lowest BCUT2D eigenvalue weighted by molar-refractivity contribution is 1.18. The van der Waals surface area contributed by atoms with Gasteiger partial charge in [-0.05, 0) is 110 Å². The minimum atomic E-state index is 0.637. The molecule has 0 spiro atoms. The molecule has 7 aromatic carbocycles. The van der Waals surface area contributed by atoms with Crippen LogP contribution < -0.4 is 0 Å². The van der Waals surface area contributed by atoms with Crippen LogP contribution in [0.5, 0.6) is 0 Å². The van der Waals surface area contributed by atoms with E-state index >= 15 is 0 Å². The van der Waals surface area contributed by atoms with Crippen LogP contribution in [0.1, 0.15) is 22.3 Å². The zero-order valence-corrected chi connectivity index (χ0v) is 30.7. The fourth-order valence-corrected chi connectivity index (χ4v) is 8.35. The Morgan fingerprint density at radius 1 is 0.607 bits per heavy atom. The quantitative estimate of drug-likeness (QED) is 0.182. The molecule has 262 valence electrons. The van der Waals surface area contributed by atoms with Crippen LogP contribution in [0.2, 0.25) is 0 Å². The van der Waals surface area contributed by atoms with E-state index in [1.54, 1.807) is 0 Å². The number of rotatable bonds is 4. The van der Waals surface area contributed by atoms with Crippen molar-refractivity contribution >= 4 is 55.0 Å². The summed E-state index contributed by atoms with van der Waals surface area (Å²) in [4.78, 5) is 5.07. The van der Waals surface area contributed by atoms with Gasteiger partial charge in [0, 0.05) is 33.8 Å². The summed E-state index contributed by atoms with van der Waals surface area (Å²) < 4.78 is 2.24. The fourth-order valence-electron chi connectivity index (χ4n) is 8.35. The number of pyridine rings is 1. The van der Waals surface area contributed by atoms with E-state index in [9.17, 15) is 5.26 Å². The predicted octanol–water partition coefficient (Wildman–Crippen LogP) is 13.5. The van der Waals surface area contributed by atoms with Crippen LogP contribution in [-0.4, -0.2) is 9.55 Å². The minimum Gasteiger partial charge on any atom is -0.309 e. The number of para-hydroxylation sites is 1. The first-order valence-electron chi connectivity index (χ1n) is 18.9.